The lowest BCUT2D eigenvalue weighted by Crippen LogP contribution is -2.27. The first-order valence-electron chi connectivity index (χ1n) is 14.7. The largest absolute Gasteiger partial charge is 0.488 e. The molecule has 0 fully saturated rings. The Morgan fingerprint density at radius 1 is 1.00 bits per heavy atom. The third kappa shape index (κ3) is 6.25. The fourth-order valence-electron chi connectivity index (χ4n) is 5.78. The van der Waals surface area contributed by atoms with Gasteiger partial charge < -0.3 is 10.1 Å². The van der Waals surface area contributed by atoms with Gasteiger partial charge in [0.15, 0.2) is 0 Å². The summed E-state index contributed by atoms with van der Waals surface area (Å²) in [6.07, 6.45) is 4.64. The average molecular weight is 591 g/mol. The number of para-hydroxylation sites is 1. The number of fused-ring (bicyclic) bond motifs is 2. The summed E-state index contributed by atoms with van der Waals surface area (Å²) < 4.78 is 20.5. The third-order valence-corrected chi connectivity index (χ3v) is 9.48. The van der Waals surface area contributed by atoms with Crippen molar-refractivity contribution in [3.05, 3.63) is 124 Å². The van der Waals surface area contributed by atoms with E-state index in [2.05, 4.69) is 26.1 Å². The Morgan fingerprint density at radius 3 is 2.53 bits per heavy atom. The minimum atomic E-state index is -0.301. The molecule has 1 heterocycles. The maximum atomic E-state index is 14.4. The number of nitrogens with one attached hydrogen (secondary N) is 1. The molecule has 0 saturated carbocycles. The molecule has 4 nitrogen and oxygen atoms in total. The van der Waals surface area contributed by atoms with Gasteiger partial charge in [-0.25, -0.2) is 9.38 Å². The molecule has 43 heavy (non-hydrogen) atoms. The molecule has 1 aliphatic rings. The molecule has 0 unspecified atom stereocenters. The van der Waals surface area contributed by atoms with Crippen molar-refractivity contribution in [2.45, 2.75) is 46.6 Å². The lowest BCUT2D eigenvalue weighted by molar-refractivity contribution is 0.102. The number of halogens is 1. The van der Waals surface area contributed by atoms with Crippen LogP contribution in [0.3, 0.4) is 0 Å². The highest BCUT2D eigenvalue weighted by Crippen LogP contribution is 2.45. The lowest BCUT2D eigenvalue weighted by atomic mass is 9.72. The van der Waals surface area contributed by atoms with E-state index < -0.39 is 0 Å². The van der Waals surface area contributed by atoms with E-state index in [1.807, 2.05) is 66.7 Å². The number of hydrogen-bond donors (Lipinski definition) is 1. The van der Waals surface area contributed by atoms with Crippen LogP contribution in [0.25, 0.3) is 10.8 Å². The number of nitrogens with zero attached hydrogens (tertiary/aromatic N) is 1. The molecule has 1 aromatic heterocycles. The van der Waals surface area contributed by atoms with Crippen molar-refractivity contribution in [1.82, 2.24) is 0 Å². The van der Waals surface area contributed by atoms with Gasteiger partial charge in [0.1, 0.15) is 23.2 Å². The van der Waals surface area contributed by atoms with E-state index in [1.165, 1.54) is 10.9 Å². The highest BCUT2D eigenvalue weighted by molar-refractivity contribution is 7.16. The number of rotatable bonds is 7. The SMILES string of the molecule is CC(C)(C)[C@@H]1CCc2c(sc(N=Cc3c(OCc4ccccc4F)ccc4ccccc34)c2C(=O)Nc2ccccc2)C1. The molecule has 0 bridgehead atoms. The van der Waals surface area contributed by atoms with Gasteiger partial charge in [0.25, 0.3) is 5.91 Å². The fourth-order valence-corrected chi connectivity index (χ4v) is 7.05. The third-order valence-electron chi connectivity index (χ3n) is 8.31. The standard InChI is InChI=1S/C37H35FN2O2S/c1-37(2,3)26-18-19-29-33(21-26)43-36(34(29)35(41)40-27-13-5-4-6-14-27)39-22-30-28-15-9-7-11-24(28)17-20-32(30)42-23-25-12-8-10-16-31(25)38/h4-17,20,22,26H,18-19,21,23H2,1-3H3,(H,40,41)/t26-/m1/s1. The van der Waals surface area contributed by atoms with Crippen molar-refractivity contribution in [3.8, 4) is 5.75 Å². The summed E-state index contributed by atoms with van der Waals surface area (Å²) in [6, 6.07) is 28.1. The Balaban J connectivity index is 1.40. The summed E-state index contributed by atoms with van der Waals surface area (Å²) >= 11 is 1.61. The van der Waals surface area contributed by atoms with Gasteiger partial charge in [-0.3, -0.25) is 4.79 Å². The van der Waals surface area contributed by atoms with Crippen LogP contribution in [0.5, 0.6) is 5.75 Å². The van der Waals surface area contributed by atoms with Crippen molar-refractivity contribution in [2.24, 2.45) is 16.3 Å². The van der Waals surface area contributed by atoms with Crippen LogP contribution in [0.15, 0.2) is 96.0 Å². The molecule has 1 aliphatic carbocycles. The van der Waals surface area contributed by atoms with Gasteiger partial charge in [-0.15, -0.1) is 11.3 Å². The number of ether oxygens (including phenoxy) is 1. The van der Waals surface area contributed by atoms with E-state index in [4.69, 9.17) is 9.73 Å². The van der Waals surface area contributed by atoms with E-state index in [0.29, 0.717) is 27.8 Å². The Kier molecular flexibility index (Phi) is 8.13. The Hall–Kier alpha value is -4.29. The summed E-state index contributed by atoms with van der Waals surface area (Å²) in [5.41, 5.74) is 3.98. The van der Waals surface area contributed by atoms with E-state index in [1.54, 1.807) is 35.8 Å². The first kappa shape index (κ1) is 28.8. The second kappa shape index (κ2) is 12.1. The number of benzene rings is 4. The second-order valence-electron chi connectivity index (χ2n) is 12.1. The summed E-state index contributed by atoms with van der Waals surface area (Å²) in [5.74, 6) is 0.705. The van der Waals surface area contributed by atoms with Gasteiger partial charge in [-0.05, 0) is 71.2 Å². The summed E-state index contributed by atoms with van der Waals surface area (Å²) in [4.78, 5) is 20.0. The topological polar surface area (TPSA) is 50.7 Å². The smallest absolute Gasteiger partial charge is 0.259 e. The molecule has 1 atom stereocenters. The van der Waals surface area contributed by atoms with Crippen LogP contribution >= 0.6 is 11.3 Å². The zero-order valence-corrected chi connectivity index (χ0v) is 25.5. The van der Waals surface area contributed by atoms with E-state index in [-0.39, 0.29) is 23.7 Å². The molecule has 6 rings (SSSR count). The van der Waals surface area contributed by atoms with Crippen LogP contribution in [0.1, 0.15) is 59.1 Å². The first-order valence-corrected chi connectivity index (χ1v) is 15.5. The van der Waals surface area contributed by atoms with Gasteiger partial charge in [0, 0.05) is 27.9 Å². The van der Waals surface area contributed by atoms with Crippen LogP contribution in [0.2, 0.25) is 0 Å². The average Bonchev–Trinajstić information content (AvgIpc) is 3.37. The highest BCUT2D eigenvalue weighted by Gasteiger charge is 2.33. The summed E-state index contributed by atoms with van der Waals surface area (Å²) in [6.45, 7) is 6.98. The maximum absolute atomic E-state index is 14.4. The monoisotopic (exact) mass is 590 g/mol. The molecule has 4 aromatic carbocycles. The molecule has 0 saturated heterocycles. The first-order chi connectivity index (χ1) is 20.8. The van der Waals surface area contributed by atoms with Crippen LogP contribution in [-0.4, -0.2) is 12.1 Å². The second-order valence-corrected chi connectivity index (χ2v) is 13.2. The molecular weight excluding hydrogens is 555 g/mol. The van der Waals surface area contributed by atoms with Gasteiger partial charge >= 0.3 is 0 Å². The maximum Gasteiger partial charge on any atom is 0.259 e. The molecule has 0 spiro atoms. The number of thiophene rings is 1. The number of aliphatic imine (C=N–C) groups is 1. The highest BCUT2D eigenvalue weighted by atomic mass is 32.1. The minimum absolute atomic E-state index is 0.0953. The van der Waals surface area contributed by atoms with Gasteiger partial charge in [-0.1, -0.05) is 87.5 Å². The summed E-state index contributed by atoms with van der Waals surface area (Å²) in [7, 11) is 0. The van der Waals surface area contributed by atoms with Crippen molar-refractivity contribution >= 4 is 44.9 Å². The Bertz CT molecular complexity index is 1800. The predicted octanol–water partition coefficient (Wildman–Crippen LogP) is 9.77. The number of anilines is 1. The normalized spacial score (nSPS) is 15.0. The van der Waals surface area contributed by atoms with Crippen LogP contribution in [0.4, 0.5) is 15.1 Å². The molecule has 0 aliphatic heterocycles. The van der Waals surface area contributed by atoms with Crippen molar-refractivity contribution < 1.29 is 13.9 Å². The predicted molar refractivity (Wildman–Crippen MR) is 176 cm³/mol. The Morgan fingerprint density at radius 2 is 1.74 bits per heavy atom. The zero-order valence-electron chi connectivity index (χ0n) is 24.7. The quantitative estimate of drug-likeness (QED) is 0.192. The molecule has 1 amide bonds. The van der Waals surface area contributed by atoms with Crippen LogP contribution in [0, 0.1) is 17.2 Å². The van der Waals surface area contributed by atoms with E-state index >= 15 is 0 Å². The lowest BCUT2D eigenvalue weighted by Gasteiger charge is -2.33. The number of carbonyl (C=O) groups excluding carboxylic acids is 1. The molecule has 0 radical (unpaired) electrons. The van der Waals surface area contributed by atoms with Crippen molar-refractivity contribution in [2.75, 3.05) is 5.32 Å². The zero-order chi connectivity index (χ0) is 30.0. The van der Waals surface area contributed by atoms with E-state index in [0.717, 1.165) is 46.8 Å². The number of hydrogen-bond acceptors (Lipinski definition) is 4. The molecule has 1 N–H and O–H groups in total. The van der Waals surface area contributed by atoms with E-state index in [9.17, 15) is 9.18 Å². The van der Waals surface area contributed by atoms with Crippen LogP contribution < -0.4 is 10.1 Å². The fraction of sp³-hybridized carbons (Fsp3) is 0.243. The van der Waals surface area contributed by atoms with Gasteiger partial charge in [0.2, 0.25) is 0 Å². The molecule has 218 valence electrons. The van der Waals surface area contributed by atoms with Crippen molar-refractivity contribution in [3.63, 3.8) is 0 Å². The van der Waals surface area contributed by atoms with Crippen LogP contribution in [-0.2, 0) is 19.4 Å². The van der Waals surface area contributed by atoms with Gasteiger partial charge in [0.05, 0.1) is 5.56 Å². The Labute approximate surface area is 256 Å². The number of amides is 1. The minimum Gasteiger partial charge on any atom is -0.488 e. The molecule has 5 aromatic rings. The van der Waals surface area contributed by atoms with Gasteiger partial charge in [-0.2, -0.15) is 0 Å². The van der Waals surface area contributed by atoms with Crippen molar-refractivity contribution in [1.29, 1.82) is 0 Å². The molecular formula is C37H35FN2O2S. The number of carbonyl (C=O) groups is 1. The summed E-state index contributed by atoms with van der Waals surface area (Å²) in [5, 5.41) is 5.81. The molecule has 6 heteroatoms.